The van der Waals surface area contributed by atoms with Gasteiger partial charge in [-0.15, -0.1) is 11.3 Å². The van der Waals surface area contributed by atoms with Crippen LogP contribution in [0.15, 0.2) is 4.79 Å². The van der Waals surface area contributed by atoms with E-state index in [1.54, 1.807) is 11.3 Å². The lowest BCUT2D eigenvalue weighted by Crippen LogP contribution is -2.46. The summed E-state index contributed by atoms with van der Waals surface area (Å²) in [6.07, 6.45) is 6.59. The molecule has 1 saturated carbocycles. The summed E-state index contributed by atoms with van der Waals surface area (Å²) >= 11 is 1.62. The average molecular weight is 431 g/mol. The number of nitrogens with one attached hydrogen (secondary N) is 1. The summed E-state index contributed by atoms with van der Waals surface area (Å²) in [6, 6.07) is 0.420. The number of aryl methyl sites for hydroxylation is 2. The molecular formula is C23H34N4O2S. The summed E-state index contributed by atoms with van der Waals surface area (Å²) < 4.78 is 1.95. The van der Waals surface area contributed by atoms with E-state index in [-0.39, 0.29) is 23.4 Å². The van der Waals surface area contributed by atoms with Gasteiger partial charge in [0, 0.05) is 23.4 Å². The van der Waals surface area contributed by atoms with E-state index in [4.69, 9.17) is 4.98 Å². The van der Waals surface area contributed by atoms with Crippen molar-refractivity contribution in [3.8, 4) is 0 Å². The second kappa shape index (κ2) is 8.79. The van der Waals surface area contributed by atoms with E-state index in [9.17, 15) is 9.59 Å². The number of hydrogen-bond acceptors (Lipinski definition) is 5. The molecule has 6 nitrogen and oxygen atoms in total. The molecule has 1 saturated heterocycles. The molecular weight excluding hydrogens is 396 g/mol. The summed E-state index contributed by atoms with van der Waals surface area (Å²) in [7, 11) is 0. The highest BCUT2D eigenvalue weighted by molar-refractivity contribution is 7.18. The first kappa shape index (κ1) is 21.5. The normalized spacial score (nSPS) is 21.0. The number of carbonyl (C=O) groups is 1. The van der Waals surface area contributed by atoms with Crippen LogP contribution in [-0.2, 0) is 4.79 Å². The van der Waals surface area contributed by atoms with Gasteiger partial charge in [0.05, 0.1) is 18.0 Å². The number of likely N-dealkylation sites (tertiary alicyclic amines) is 1. The van der Waals surface area contributed by atoms with Crippen molar-refractivity contribution in [1.82, 2.24) is 19.8 Å². The fraction of sp³-hybridized carbons (Fsp3) is 0.696. The number of amides is 1. The van der Waals surface area contributed by atoms with Crippen LogP contribution in [0.1, 0.15) is 80.6 Å². The van der Waals surface area contributed by atoms with Crippen molar-refractivity contribution >= 4 is 27.5 Å². The average Bonchev–Trinajstić information content (AvgIpc) is 3.29. The molecule has 0 bridgehead atoms. The van der Waals surface area contributed by atoms with Crippen LogP contribution in [0.25, 0.3) is 10.2 Å². The minimum Gasteiger partial charge on any atom is -0.352 e. The van der Waals surface area contributed by atoms with Gasteiger partial charge in [-0.05, 0) is 51.6 Å². The molecule has 1 aliphatic heterocycles. The maximum Gasteiger partial charge on any atom is 0.262 e. The number of hydrogen-bond donors (Lipinski definition) is 1. The van der Waals surface area contributed by atoms with E-state index in [1.807, 2.05) is 11.5 Å². The monoisotopic (exact) mass is 430 g/mol. The Kier molecular flexibility index (Phi) is 6.30. The third-order valence-corrected chi connectivity index (χ3v) is 7.81. The van der Waals surface area contributed by atoms with Crippen molar-refractivity contribution in [1.29, 1.82) is 0 Å². The zero-order chi connectivity index (χ0) is 21.4. The fourth-order valence-corrected chi connectivity index (χ4v) is 6.04. The molecule has 4 rings (SSSR count). The van der Waals surface area contributed by atoms with Gasteiger partial charge in [-0.3, -0.25) is 19.1 Å². The summed E-state index contributed by atoms with van der Waals surface area (Å²) in [5.74, 6) is 1.17. The number of thiophene rings is 1. The van der Waals surface area contributed by atoms with E-state index >= 15 is 0 Å². The first-order chi connectivity index (χ1) is 14.3. The van der Waals surface area contributed by atoms with Gasteiger partial charge < -0.3 is 5.32 Å². The maximum atomic E-state index is 13.6. The van der Waals surface area contributed by atoms with Crippen molar-refractivity contribution in [2.24, 2.45) is 0 Å². The molecule has 7 heteroatoms. The van der Waals surface area contributed by atoms with Gasteiger partial charge >= 0.3 is 0 Å². The van der Waals surface area contributed by atoms with Crippen molar-refractivity contribution in [2.45, 2.75) is 84.2 Å². The molecule has 0 aromatic carbocycles. The second-order valence-electron chi connectivity index (χ2n) is 9.34. The van der Waals surface area contributed by atoms with Crippen molar-refractivity contribution < 1.29 is 4.79 Å². The molecule has 2 aromatic heterocycles. The first-order valence-electron chi connectivity index (χ1n) is 11.4. The second-order valence-corrected chi connectivity index (χ2v) is 10.5. The molecule has 2 fully saturated rings. The molecule has 1 amide bonds. The van der Waals surface area contributed by atoms with Gasteiger partial charge in [0.2, 0.25) is 5.91 Å². The summed E-state index contributed by atoms with van der Waals surface area (Å²) in [4.78, 5) is 35.3. The predicted molar refractivity (Wildman–Crippen MR) is 123 cm³/mol. The third-order valence-electron chi connectivity index (χ3n) is 6.71. The Bertz CT molecular complexity index is 987. The maximum absolute atomic E-state index is 13.6. The van der Waals surface area contributed by atoms with Crippen LogP contribution < -0.4 is 10.9 Å². The molecule has 0 radical (unpaired) electrons. The smallest absolute Gasteiger partial charge is 0.262 e. The Morgan fingerprint density at radius 2 is 1.93 bits per heavy atom. The Balaban J connectivity index is 1.58. The Morgan fingerprint density at radius 3 is 2.63 bits per heavy atom. The topological polar surface area (TPSA) is 67.2 Å². The molecule has 2 aromatic rings. The van der Waals surface area contributed by atoms with Crippen molar-refractivity contribution in [3.63, 3.8) is 0 Å². The van der Waals surface area contributed by atoms with Gasteiger partial charge in [0.15, 0.2) is 0 Å². The number of carbonyl (C=O) groups excluding carboxylic acids is 1. The van der Waals surface area contributed by atoms with Crippen molar-refractivity contribution in [2.75, 3.05) is 19.6 Å². The Hall–Kier alpha value is -1.73. The van der Waals surface area contributed by atoms with E-state index in [0.29, 0.717) is 12.6 Å². The lowest BCUT2D eigenvalue weighted by Gasteiger charge is -2.34. The first-order valence-corrected chi connectivity index (χ1v) is 12.2. The van der Waals surface area contributed by atoms with Crippen LogP contribution in [0.5, 0.6) is 0 Å². The molecule has 1 N–H and O–H groups in total. The lowest BCUT2D eigenvalue weighted by atomic mass is 10.0. The molecule has 3 heterocycles. The van der Waals surface area contributed by atoms with E-state index in [0.717, 1.165) is 65.3 Å². The SMILES string of the molecule is Cc1sc2nc(C(C)C)n(C3CCCN(CC(=O)NC4CCCC4)C3)c(=O)c2c1C. The fourth-order valence-electron chi connectivity index (χ4n) is 5.01. The molecule has 2 aliphatic rings. The number of nitrogens with zero attached hydrogens (tertiary/aromatic N) is 3. The highest BCUT2D eigenvalue weighted by Gasteiger charge is 2.28. The number of fused-ring (bicyclic) bond motifs is 1. The van der Waals surface area contributed by atoms with E-state index < -0.39 is 0 Å². The van der Waals surface area contributed by atoms with Gasteiger partial charge in [-0.25, -0.2) is 4.98 Å². The Labute approximate surface area is 182 Å². The van der Waals surface area contributed by atoms with Crippen LogP contribution in [-0.4, -0.2) is 46.0 Å². The quantitative estimate of drug-likeness (QED) is 0.781. The minimum atomic E-state index is 0.0689. The van der Waals surface area contributed by atoms with Crippen LogP contribution >= 0.6 is 11.3 Å². The molecule has 0 spiro atoms. The molecule has 1 unspecified atom stereocenters. The zero-order valence-corrected chi connectivity index (χ0v) is 19.5. The standard InChI is InChI=1S/C23H34N4O2S/c1-14(2)21-25-22-20(15(3)16(4)30-22)23(29)27(21)18-10-7-11-26(12-18)13-19(28)24-17-8-5-6-9-17/h14,17-18H,5-13H2,1-4H3,(H,24,28). The molecule has 164 valence electrons. The lowest BCUT2D eigenvalue weighted by molar-refractivity contribution is -0.123. The molecule has 1 atom stereocenters. The van der Waals surface area contributed by atoms with E-state index in [1.165, 1.54) is 12.8 Å². The Morgan fingerprint density at radius 1 is 1.20 bits per heavy atom. The number of aromatic nitrogens is 2. The highest BCUT2D eigenvalue weighted by Crippen LogP contribution is 2.30. The molecule has 1 aliphatic carbocycles. The van der Waals surface area contributed by atoms with Gasteiger partial charge in [-0.1, -0.05) is 26.7 Å². The number of rotatable bonds is 5. The summed E-state index contributed by atoms with van der Waals surface area (Å²) in [6.45, 7) is 10.4. The van der Waals surface area contributed by atoms with Gasteiger partial charge in [-0.2, -0.15) is 0 Å². The van der Waals surface area contributed by atoms with Crippen molar-refractivity contribution in [3.05, 3.63) is 26.6 Å². The minimum absolute atomic E-state index is 0.0689. The summed E-state index contributed by atoms with van der Waals surface area (Å²) in [5, 5.41) is 3.97. The van der Waals surface area contributed by atoms with Gasteiger partial charge in [0.1, 0.15) is 10.7 Å². The zero-order valence-electron chi connectivity index (χ0n) is 18.7. The van der Waals surface area contributed by atoms with Crippen LogP contribution in [0.2, 0.25) is 0 Å². The predicted octanol–water partition coefficient (Wildman–Crippen LogP) is 3.89. The summed E-state index contributed by atoms with van der Waals surface area (Å²) in [5.41, 5.74) is 1.15. The third kappa shape index (κ3) is 4.19. The van der Waals surface area contributed by atoms with Gasteiger partial charge in [0.25, 0.3) is 5.56 Å². The molecule has 30 heavy (non-hydrogen) atoms. The highest BCUT2D eigenvalue weighted by atomic mass is 32.1. The van der Waals surface area contributed by atoms with E-state index in [2.05, 4.69) is 31.0 Å². The van der Waals surface area contributed by atoms with Crippen LogP contribution in [0.3, 0.4) is 0 Å². The van der Waals surface area contributed by atoms with Crippen LogP contribution in [0, 0.1) is 13.8 Å². The number of piperidine rings is 1. The van der Waals surface area contributed by atoms with Crippen LogP contribution in [0.4, 0.5) is 0 Å². The largest absolute Gasteiger partial charge is 0.352 e.